The highest BCUT2D eigenvalue weighted by Gasteiger charge is 2.22. The predicted molar refractivity (Wildman–Crippen MR) is 113 cm³/mol. The third kappa shape index (κ3) is 3.75. The van der Waals surface area contributed by atoms with Crippen LogP contribution in [0.2, 0.25) is 0 Å². The van der Waals surface area contributed by atoms with Crippen LogP contribution < -0.4 is 4.74 Å². The third-order valence-corrected chi connectivity index (χ3v) is 6.86. The second-order valence-electron chi connectivity index (χ2n) is 7.46. The fourth-order valence-electron chi connectivity index (χ4n) is 4.24. The Morgan fingerprint density at radius 1 is 1.29 bits per heavy atom. The van der Waals surface area contributed by atoms with Gasteiger partial charge in [0.25, 0.3) is 0 Å². The maximum absolute atomic E-state index is 14.5. The lowest BCUT2D eigenvalue weighted by atomic mass is 9.99. The highest BCUT2D eigenvalue weighted by atomic mass is 32.2. The van der Waals surface area contributed by atoms with Gasteiger partial charge in [0.15, 0.2) is 5.65 Å². The van der Waals surface area contributed by atoms with Crippen LogP contribution >= 0.6 is 0 Å². The number of ether oxygens (including phenoxy) is 1. The highest BCUT2D eigenvalue weighted by Crippen LogP contribution is 2.31. The maximum atomic E-state index is 14.5. The van der Waals surface area contributed by atoms with Crippen LogP contribution in [0.3, 0.4) is 0 Å². The average Bonchev–Trinajstić information content (AvgIpc) is 3.48. The predicted octanol–water partition coefficient (Wildman–Crippen LogP) is 2.30. The molecule has 0 saturated carbocycles. The van der Waals surface area contributed by atoms with Crippen molar-refractivity contribution in [3.05, 3.63) is 59.1 Å². The van der Waals surface area contributed by atoms with E-state index in [4.69, 9.17) is 8.92 Å². The molecule has 0 N–H and O–H groups in total. The molecule has 0 bridgehead atoms. The Hall–Kier alpha value is -2.69. The summed E-state index contributed by atoms with van der Waals surface area (Å²) in [5, 5.41) is 8.37. The monoisotopic (exact) mass is 443 g/mol. The van der Waals surface area contributed by atoms with Crippen molar-refractivity contribution in [3.63, 3.8) is 0 Å². The molecule has 2 aliphatic heterocycles. The molecular weight excluding hydrogens is 421 g/mol. The second-order valence-corrected chi connectivity index (χ2v) is 8.75. The number of fused-ring (bicyclic) bond motifs is 2. The number of nitrogens with zero attached hydrogens (tertiary/aromatic N) is 5. The Morgan fingerprint density at radius 3 is 3.00 bits per heavy atom. The topological polar surface area (TPSA) is 81.8 Å². The number of halogens is 1. The van der Waals surface area contributed by atoms with Gasteiger partial charge in [-0.15, -0.1) is 10.2 Å². The first-order valence-corrected chi connectivity index (χ1v) is 11.2. The molecule has 0 aliphatic carbocycles. The summed E-state index contributed by atoms with van der Waals surface area (Å²) < 4.78 is 40.4. The Labute approximate surface area is 181 Å². The van der Waals surface area contributed by atoms with Crippen molar-refractivity contribution in [2.75, 3.05) is 26.8 Å². The smallest absolute Gasteiger partial charge is 0.237 e. The number of aromatic nitrogens is 4. The van der Waals surface area contributed by atoms with Gasteiger partial charge < -0.3 is 4.74 Å². The van der Waals surface area contributed by atoms with Crippen LogP contribution in [-0.4, -0.2) is 54.9 Å². The number of benzene rings is 1. The van der Waals surface area contributed by atoms with Crippen molar-refractivity contribution in [1.82, 2.24) is 23.9 Å². The molecule has 5 rings (SSSR count). The van der Waals surface area contributed by atoms with E-state index in [9.17, 15) is 8.60 Å². The summed E-state index contributed by atoms with van der Waals surface area (Å²) in [6, 6.07) is 3.17. The van der Waals surface area contributed by atoms with Crippen molar-refractivity contribution < 1.29 is 17.5 Å². The first kappa shape index (κ1) is 20.2. The second kappa shape index (κ2) is 8.45. The molecule has 0 amide bonds. The van der Waals surface area contributed by atoms with Gasteiger partial charge in [-0.2, -0.15) is 4.31 Å². The minimum Gasteiger partial charge on any atom is -0.493 e. The lowest BCUT2D eigenvalue weighted by Crippen LogP contribution is -2.31. The summed E-state index contributed by atoms with van der Waals surface area (Å²) in [6.07, 6.45) is 8.00. The van der Waals surface area contributed by atoms with Gasteiger partial charge in [-0.3, -0.25) is 8.58 Å². The van der Waals surface area contributed by atoms with Crippen molar-refractivity contribution in [2.24, 2.45) is 0 Å². The summed E-state index contributed by atoms with van der Waals surface area (Å²) >= 11 is -1.43. The van der Waals surface area contributed by atoms with Gasteiger partial charge in [0.2, 0.25) is 11.3 Å². The first-order valence-electron chi connectivity index (χ1n) is 10.2. The molecule has 0 spiro atoms. The van der Waals surface area contributed by atoms with E-state index in [-0.39, 0.29) is 5.82 Å². The lowest BCUT2D eigenvalue weighted by molar-refractivity contribution is 0.356. The Morgan fingerprint density at radius 2 is 2.19 bits per heavy atom. The van der Waals surface area contributed by atoms with Crippen LogP contribution in [0.5, 0.6) is 5.75 Å². The summed E-state index contributed by atoms with van der Waals surface area (Å²) in [5.41, 5.74) is 4.37. The van der Waals surface area contributed by atoms with Gasteiger partial charge in [-0.25, -0.2) is 13.6 Å². The molecule has 3 aromatic rings. The Bertz CT molecular complexity index is 1200. The van der Waals surface area contributed by atoms with E-state index in [1.807, 2.05) is 16.7 Å². The molecular formula is C21H22FN5O3S. The zero-order valence-electron chi connectivity index (χ0n) is 17.1. The summed E-state index contributed by atoms with van der Waals surface area (Å²) in [7, 11) is 1.43. The van der Waals surface area contributed by atoms with E-state index in [0.717, 1.165) is 40.3 Å². The Kier molecular flexibility index (Phi) is 5.51. The molecule has 1 aromatic carbocycles. The van der Waals surface area contributed by atoms with E-state index in [1.54, 1.807) is 16.7 Å². The standard InChI is InChI=1S/C21H22FN5O3S/c1-29-31(28)26-9-6-14(7-10-26)17-12-23-20(27-13-24-25-21(17)27)5-2-15-16-8-11-30-19(16)4-3-18(15)22/h3-4,6,12-13H,2,5,7-11H2,1H3. The molecule has 10 heteroatoms. The van der Waals surface area contributed by atoms with Crippen molar-refractivity contribution in [2.45, 2.75) is 25.7 Å². The largest absolute Gasteiger partial charge is 0.493 e. The summed E-state index contributed by atoms with van der Waals surface area (Å²) in [6.45, 7) is 1.74. The molecule has 0 saturated heterocycles. The molecule has 4 heterocycles. The molecule has 2 aliphatic rings. The van der Waals surface area contributed by atoms with Crippen molar-refractivity contribution in [3.8, 4) is 5.75 Å². The van der Waals surface area contributed by atoms with Crippen LogP contribution in [0.4, 0.5) is 4.39 Å². The zero-order chi connectivity index (χ0) is 21.4. The van der Waals surface area contributed by atoms with Crippen LogP contribution in [0.25, 0.3) is 11.2 Å². The number of hydrogen-bond donors (Lipinski definition) is 0. The van der Waals surface area contributed by atoms with E-state index >= 15 is 0 Å². The first-order chi connectivity index (χ1) is 15.2. The van der Waals surface area contributed by atoms with Crippen molar-refractivity contribution in [1.29, 1.82) is 0 Å². The molecule has 0 radical (unpaired) electrons. The van der Waals surface area contributed by atoms with Crippen LogP contribution in [0, 0.1) is 5.82 Å². The van der Waals surface area contributed by atoms with E-state index in [2.05, 4.69) is 15.2 Å². The minimum absolute atomic E-state index is 0.203. The SMILES string of the molecule is COS(=O)N1CC=C(c2cnc(CCc3c(F)ccc4c3CCO4)n3cnnc23)CC1. The van der Waals surface area contributed by atoms with Gasteiger partial charge in [-0.05, 0) is 36.1 Å². The van der Waals surface area contributed by atoms with E-state index in [0.29, 0.717) is 44.5 Å². The van der Waals surface area contributed by atoms with Crippen molar-refractivity contribution >= 4 is 22.5 Å². The lowest BCUT2D eigenvalue weighted by Gasteiger charge is -2.23. The fraction of sp³-hybridized carbons (Fsp3) is 0.381. The highest BCUT2D eigenvalue weighted by molar-refractivity contribution is 7.77. The van der Waals surface area contributed by atoms with E-state index in [1.165, 1.54) is 13.2 Å². The van der Waals surface area contributed by atoms with Gasteiger partial charge >= 0.3 is 0 Å². The number of aryl methyl sites for hydroxylation is 1. The van der Waals surface area contributed by atoms with Gasteiger partial charge in [0, 0.05) is 43.3 Å². The Balaban J connectivity index is 1.40. The number of rotatable bonds is 6. The molecule has 2 aromatic heterocycles. The van der Waals surface area contributed by atoms with Gasteiger partial charge in [0.05, 0.1) is 13.7 Å². The normalized spacial score (nSPS) is 17.4. The molecule has 8 nitrogen and oxygen atoms in total. The maximum Gasteiger partial charge on any atom is 0.237 e. The molecule has 31 heavy (non-hydrogen) atoms. The fourth-order valence-corrected chi connectivity index (χ4v) is 4.88. The minimum atomic E-state index is -1.43. The van der Waals surface area contributed by atoms with Gasteiger partial charge in [-0.1, -0.05) is 6.08 Å². The molecule has 1 unspecified atom stereocenters. The molecule has 162 valence electrons. The summed E-state index contributed by atoms with van der Waals surface area (Å²) in [5.74, 6) is 1.35. The molecule has 1 atom stereocenters. The average molecular weight is 444 g/mol. The number of hydrogen-bond acceptors (Lipinski definition) is 6. The van der Waals surface area contributed by atoms with Crippen LogP contribution in [0.15, 0.2) is 30.7 Å². The van der Waals surface area contributed by atoms with E-state index < -0.39 is 11.3 Å². The zero-order valence-corrected chi connectivity index (χ0v) is 17.9. The third-order valence-electron chi connectivity index (χ3n) is 5.82. The van der Waals surface area contributed by atoms with Crippen LogP contribution in [0.1, 0.15) is 28.9 Å². The van der Waals surface area contributed by atoms with Gasteiger partial charge in [0.1, 0.15) is 23.7 Å². The summed E-state index contributed by atoms with van der Waals surface area (Å²) in [4.78, 5) is 4.65. The van der Waals surface area contributed by atoms with Crippen LogP contribution in [-0.2, 0) is 34.7 Å². The molecule has 0 fully saturated rings. The quantitative estimate of drug-likeness (QED) is 0.582.